The van der Waals surface area contributed by atoms with Gasteiger partial charge in [-0.05, 0) is 15.9 Å². The molecule has 60 valence electrons. The van der Waals surface area contributed by atoms with Gasteiger partial charge in [0.05, 0.1) is 0 Å². The molecule has 0 atom stereocenters. The lowest BCUT2D eigenvalue weighted by atomic mass is 10.7. The van der Waals surface area contributed by atoms with E-state index in [1.807, 2.05) is 0 Å². The summed E-state index contributed by atoms with van der Waals surface area (Å²) in [6.07, 6.45) is 0.622. The number of hydrogen-bond donors (Lipinski definition) is 0. The van der Waals surface area contributed by atoms with Crippen LogP contribution in [0.2, 0.25) is 0 Å². The van der Waals surface area contributed by atoms with Crippen LogP contribution in [0.1, 0.15) is 10.6 Å². The van der Waals surface area contributed by atoms with Crippen molar-refractivity contribution in [1.29, 1.82) is 0 Å². The maximum atomic E-state index is 10.3. The smallest absolute Gasteiger partial charge is 0.218 e. The summed E-state index contributed by atoms with van der Waals surface area (Å²) in [6, 6.07) is 0. The molecule has 0 aliphatic carbocycles. The van der Waals surface area contributed by atoms with Crippen molar-refractivity contribution in [2.75, 3.05) is 7.11 Å². The Hall–Kier alpha value is -0.750. The first-order chi connectivity index (χ1) is 5.27. The molecule has 5 nitrogen and oxygen atoms in total. The van der Waals surface area contributed by atoms with Gasteiger partial charge in [0.2, 0.25) is 4.73 Å². The van der Waals surface area contributed by atoms with Crippen LogP contribution in [-0.2, 0) is 11.5 Å². The first kappa shape index (κ1) is 8.35. The number of ether oxygens (including phenoxy) is 1. The van der Waals surface area contributed by atoms with Gasteiger partial charge in [0.15, 0.2) is 12.1 Å². The lowest BCUT2D eigenvalue weighted by Crippen LogP contribution is -2.06. The molecule has 1 aromatic rings. The number of hydrogen-bond acceptors (Lipinski definition) is 4. The van der Waals surface area contributed by atoms with Crippen LogP contribution < -0.4 is 0 Å². The number of aromatic nitrogens is 3. The molecule has 11 heavy (non-hydrogen) atoms. The highest BCUT2D eigenvalue weighted by molar-refractivity contribution is 9.10. The van der Waals surface area contributed by atoms with Crippen molar-refractivity contribution in [2.45, 2.75) is 6.73 Å². The van der Waals surface area contributed by atoms with E-state index >= 15 is 0 Å². The zero-order valence-corrected chi connectivity index (χ0v) is 7.41. The Morgan fingerprint density at radius 1 is 1.82 bits per heavy atom. The minimum absolute atomic E-state index is 0.229. The molecule has 6 heteroatoms. The molecular formula is C5H6BrN3O2. The lowest BCUT2D eigenvalue weighted by molar-refractivity contribution is 0.103. The average Bonchev–Trinajstić information content (AvgIpc) is 2.32. The quantitative estimate of drug-likeness (QED) is 0.694. The first-order valence-corrected chi connectivity index (χ1v) is 3.61. The van der Waals surface area contributed by atoms with Crippen molar-refractivity contribution in [2.24, 2.45) is 0 Å². The molecule has 1 rings (SSSR count). The van der Waals surface area contributed by atoms with Crippen LogP contribution in [0.15, 0.2) is 4.73 Å². The first-order valence-electron chi connectivity index (χ1n) is 2.82. The molecular weight excluding hydrogens is 214 g/mol. The van der Waals surface area contributed by atoms with Crippen LogP contribution >= 0.6 is 15.9 Å². The predicted molar refractivity (Wildman–Crippen MR) is 40.1 cm³/mol. The molecule has 0 aromatic carbocycles. The highest BCUT2D eigenvalue weighted by Crippen LogP contribution is 2.02. The van der Waals surface area contributed by atoms with Crippen molar-refractivity contribution in [3.63, 3.8) is 0 Å². The predicted octanol–water partition coefficient (Wildman–Crippen LogP) is 0.457. The van der Waals surface area contributed by atoms with Gasteiger partial charge in [-0.25, -0.2) is 4.68 Å². The van der Waals surface area contributed by atoms with E-state index in [9.17, 15) is 4.79 Å². The standard InChI is InChI=1S/C5H6BrN3O2/c1-11-3-9-4(2-10)7-5(6)8-9/h2H,3H2,1H3. The fraction of sp³-hybridized carbons (Fsp3) is 0.400. The van der Waals surface area contributed by atoms with Crippen LogP contribution in [0.3, 0.4) is 0 Å². The molecule has 0 saturated carbocycles. The van der Waals surface area contributed by atoms with E-state index in [-0.39, 0.29) is 12.6 Å². The summed E-state index contributed by atoms with van der Waals surface area (Å²) in [5, 5.41) is 3.84. The van der Waals surface area contributed by atoms with Gasteiger partial charge in [-0.2, -0.15) is 4.98 Å². The van der Waals surface area contributed by atoms with Crippen LogP contribution in [0, 0.1) is 0 Å². The molecule has 0 saturated heterocycles. The molecule has 0 aliphatic rings. The number of methoxy groups -OCH3 is 1. The number of carbonyl (C=O) groups excluding carboxylic acids is 1. The summed E-state index contributed by atoms with van der Waals surface area (Å²) >= 11 is 3.04. The maximum absolute atomic E-state index is 10.3. The topological polar surface area (TPSA) is 57.0 Å². The second kappa shape index (κ2) is 3.59. The molecule has 0 radical (unpaired) electrons. The maximum Gasteiger partial charge on any atom is 0.218 e. The molecule has 0 unspecified atom stereocenters. The van der Waals surface area contributed by atoms with Crippen LogP contribution in [-0.4, -0.2) is 28.2 Å². The summed E-state index contributed by atoms with van der Waals surface area (Å²) in [6.45, 7) is 0.229. The van der Waals surface area contributed by atoms with E-state index in [1.54, 1.807) is 0 Å². The zero-order chi connectivity index (χ0) is 8.27. The van der Waals surface area contributed by atoms with E-state index in [2.05, 4.69) is 26.0 Å². The fourth-order valence-corrected chi connectivity index (χ4v) is 1.00. The normalized spacial score (nSPS) is 10.0. The largest absolute Gasteiger partial charge is 0.362 e. The van der Waals surface area contributed by atoms with Crippen molar-refractivity contribution in [3.8, 4) is 0 Å². The molecule has 0 amide bonds. The van der Waals surface area contributed by atoms with Gasteiger partial charge >= 0.3 is 0 Å². The van der Waals surface area contributed by atoms with E-state index in [0.717, 1.165) is 0 Å². The SMILES string of the molecule is COCn1nc(Br)nc1C=O. The second-order valence-corrected chi connectivity index (χ2v) is 2.48. The second-order valence-electron chi connectivity index (χ2n) is 1.77. The third kappa shape index (κ3) is 1.84. The minimum Gasteiger partial charge on any atom is -0.362 e. The molecule has 0 spiro atoms. The molecule has 1 aromatic heterocycles. The van der Waals surface area contributed by atoms with E-state index < -0.39 is 0 Å². The Bertz CT molecular complexity index is 260. The number of halogens is 1. The Morgan fingerprint density at radius 3 is 3.09 bits per heavy atom. The highest BCUT2D eigenvalue weighted by Gasteiger charge is 2.04. The summed E-state index contributed by atoms with van der Waals surface area (Å²) in [7, 11) is 1.52. The van der Waals surface area contributed by atoms with Gasteiger partial charge in [0.1, 0.15) is 6.73 Å². The monoisotopic (exact) mass is 219 g/mol. The molecule has 0 aliphatic heterocycles. The summed E-state index contributed by atoms with van der Waals surface area (Å²) < 4.78 is 6.51. The highest BCUT2D eigenvalue weighted by atomic mass is 79.9. The van der Waals surface area contributed by atoms with Crippen molar-refractivity contribution < 1.29 is 9.53 Å². The fourth-order valence-electron chi connectivity index (χ4n) is 0.630. The van der Waals surface area contributed by atoms with Crippen molar-refractivity contribution in [3.05, 3.63) is 10.6 Å². The van der Waals surface area contributed by atoms with Gasteiger partial charge in [-0.1, -0.05) is 0 Å². The third-order valence-electron chi connectivity index (χ3n) is 1.03. The Labute approximate surface area is 71.5 Å². The summed E-state index contributed by atoms with van der Waals surface area (Å²) in [5.41, 5.74) is 0. The Morgan fingerprint density at radius 2 is 2.55 bits per heavy atom. The number of nitrogens with zero attached hydrogens (tertiary/aromatic N) is 3. The molecule has 1 heterocycles. The number of carbonyl (C=O) groups is 1. The summed E-state index contributed by atoms with van der Waals surface area (Å²) in [4.78, 5) is 14.1. The van der Waals surface area contributed by atoms with Crippen molar-refractivity contribution in [1.82, 2.24) is 14.8 Å². The van der Waals surface area contributed by atoms with E-state index in [1.165, 1.54) is 11.8 Å². The molecule has 0 N–H and O–H groups in total. The average molecular weight is 220 g/mol. The van der Waals surface area contributed by atoms with Crippen molar-refractivity contribution >= 4 is 22.2 Å². The van der Waals surface area contributed by atoms with Gasteiger partial charge < -0.3 is 4.74 Å². The number of aldehydes is 1. The van der Waals surface area contributed by atoms with Gasteiger partial charge in [0, 0.05) is 7.11 Å². The zero-order valence-electron chi connectivity index (χ0n) is 5.82. The van der Waals surface area contributed by atoms with Crippen LogP contribution in [0.5, 0.6) is 0 Å². The summed E-state index contributed by atoms with van der Waals surface area (Å²) in [5.74, 6) is 0.249. The van der Waals surface area contributed by atoms with Crippen LogP contribution in [0.4, 0.5) is 0 Å². The Kier molecular flexibility index (Phi) is 2.72. The van der Waals surface area contributed by atoms with Crippen LogP contribution in [0.25, 0.3) is 0 Å². The minimum atomic E-state index is 0.229. The Balaban J connectivity index is 2.92. The number of rotatable bonds is 3. The molecule has 0 fully saturated rings. The van der Waals surface area contributed by atoms with Gasteiger partial charge in [-0.15, -0.1) is 5.10 Å². The van der Waals surface area contributed by atoms with E-state index in [4.69, 9.17) is 4.74 Å². The van der Waals surface area contributed by atoms with Gasteiger partial charge in [-0.3, -0.25) is 4.79 Å². The van der Waals surface area contributed by atoms with Gasteiger partial charge in [0.25, 0.3) is 0 Å². The third-order valence-corrected chi connectivity index (χ3v) is 1.37. The lowest BCUT2D eigenvalue weighted by Gasteiger charge is -1.97. The van der Waals surface area contributed by atoms with E-state index in [0.29, 0.717) is 11.0 Å². The molecule has 0 bridgehead atoms.